The Kier molecular flexibility index (Phi) is 4.54. The number of hydrogen-bond acceptors (Lipinski definition) is 1. The SMILES string of the molecule is CC(=O)Cc1cccc(CCC(C)C)c1. The van der Waals surface area contributed by atoms with E-state index in [0.29, 0.717) is 6.42 Å². The number of Topliss-reactive ketones (excluding diaryl/α,β-unsaturated/α-hetero) is 1. The van der Waals surface area contributed by atoms with Crippen LogP contribution in [0.25, 0.3) is 0 Å². The molecule has 0 saturated heterocycles. The number of hydrogen-bond donors (Lipinski definition) is 0. The summed E-state index contributed by atoms with van der Waals surface area (Å²) in [4.78, 5) is 11.0. The summed E-state index contributed by atoms with van der Waals surface area (Å²) in [6.45, 7) is 6.11. The van der Waals surface area contributed by atoms with Crippen molar-refractivity contribution in [1.82, 2.24) is 0 Å². The van der Waals surface area contributed by atoms with Gasteiger partial charge in [0.1, 0.15) is 5.78 Å². The van der Waals surface area contributed by atoms with Crippen molar-refractivity contribution in [3.63, 3.8) is 0 Å². The first-order valence-electron chi connectivity index (χ1n) is 5.65. The normalized spacial score (nSPS) is 10.7. The topological polar surface area (TPSA) is 17.1 Å². The molecule has 0 aliphatic carbocycles. The fraction of sp³-hybridized carbons (Fsp3) is 0.500. The highest BCUT2D eigenvalue weighted by molar-refractivity contribution is 5.78. The highest BCUT2D eigenvalue weighted by atomic mass is 16.1. The summed E-state index contributed by atoms with van der Waals surface area (Å²) in [6, 6.07) is 8.38. The number of carbonyl (C=O) groups is 1. The van der Waals surface area contributed by atoms with Gasteiger partial charge in [0, 0.05) is 6.42 Å². The van der Waals surface area contributed by atoms with Crippen molar-refractivity contribution in [2.24, 2.45) is 5.92 Å². The molecular formula is C14H20O. The number of ketones is 1. The standard InChI is InChI=1S/C14H20O/c1-11(2)7-8-13-5-4-6-14(10-13)9-12(3)15/h4-6,10-11H,7-9H2,1-3H3. The Morgan fingerprint density at radius 3 is 2.53 bits per heavy atom. The molecule has 0 aromatic heterocycles. The van der Waals surface area contributed by atoms with Gasteiger partial charge in [0.05, 0.1) is 0 Å². The molecule has 0 fully saturated rings. The van der Waals surface area contributed by atoms with E-state index in [0.717, 1.165) is 17.9 Å². The van der Waals surface area contributed by atoms with Crippen LogP contribution in [0.2, 0.25) is 0 Å². The van der Waals surface area contributed by atoms with E-state index < -0.39 is 0 Å². The maximum atomic E-state index is 11.0. The fourth-order valence-corrected chi connectivity index (χ4v) is 1.64. The van der Waals surface area contributed by atoms with Gasteiger partial charge in [-0.1, -0.05) is 38.1 Å². The van der Waals surface area contributed by atoms with Gasteiger partial charge in [-0.05, 0) is 36.8 Å². The minimum Gasteiger partial charge on any atom is -0.300 e. The molecule has 82 valence electrons. The summed E-state index contributed by atoms with van der Waals surface area (Å²) < 4.78 is 0. The van der Waals surface area contributed by atoms with E-state index in [-0.39, 0.29) is 5.78 Å². The molecule has 1 rings (SSSR count). The molecular weight excluding hydrogens is 184 g/mol. The van der Waals surface area contributed by atoms with Crippen LogP contribution in [0.15, 0.2) is 24.3 Å². The highest BCUT2D eigenvalue weighted by Crippen LogP contribution is 2.11. The van der Waals surface area contributed by atoms with Crippen LogP contribution in [0, 0.1) is 5.92 Å². The van der Waals surface area contributed by atoms with Crippen molar-refractivity contribution < 1.29 is 4.79 Å². The van der Waals surface area contributed by atoms with Crippen LogP contribution >= 0.6 is 0 Å². The van der Waals surface area contributed by atoms with Gasteiger partial charge in [-0.15, -0.1) is 0 Å². The Morgan fingerprint density at radius 2 is 1.93 bits per heavy atom. The van der Waals surface area contributed by atoms with E-state index in [1.165, 1.54) is 12.0 Å². The lowest BCUT2D eigenvalue weighted by molar-refractivity contribution is -0.116. The van der Waals surface area contributed by atoms with Gasteiger partial charge in [0.15, 0.2) is 0 Å². The quantitative estimate of drug-likeness (QED) is 0.718. The van der Waals surface area contributed by atoms with Gasteiger partial charge >= 0.3 is 0 Å². The molecule has 0 spiro atoms. The zero-order valence-electron chi connectivity index (χ0n) is 9.92. The van der Waals surface area contributed by atoms with Crippen molar-refractivity contribution >= 4 is 5.78 Å². The van der Waals surface area contributed by atoms with E-state index in [2.05, 4.69) is 26.0 Å². The van der Waals surface area contributed by atoms with Gasteiger partial charge in [-0.25, -0.2) is 0 Å². The third-order valence-corrected chi connectivity index (χ3v) is 2.45. The first kappa shape index (κ1) is 12.0. The molecule has 0 aliphatic heterocycles. The highest BCUT2D eigenvalue weighted by Gasteiger charge is 2.00. The summed E-state index contributed by atoms with van der Waals surface area (Å²) in [6.07, 6.45) is 2.89. The predicted octanol–water partition coefficient (Wildman–Crippen LogP) is 3.41. The third kappa shape index (κ3) is 4.78. The van der Waals surface area contributed by atoms with Gasteiger partial charge in [0.2, 0.25) is 0 Å². The van der Waals surface area contributed by atoms with E-state index in [1.807, 2.05) is 12.1 Å². The minimum atomic E-state index is 0.232. The molecule has 0 radical (unpaired) electrons. The molecule has 0 amide bonds. The summed E-state index contributed by atoms with van der Waals surface area (Å²) in [5.41, 5.74) is 2.49. The third-order valence-electron chi connectivity index (χ3n) is 2.45. The van der Waals surface area contributed by atoms with Crippen LogP contribution in [0.3, 0.4) is 0 Å². The number of rotatable bonds is 5. The number of carbonyl (C=O) groups excluding carboxylic acids is 1. The summed E-state index contributed by atoms with van der Waals surface area (Å²) >= 11 is 0. The maximum Gasteiger partial charge on any atom is 0.134 e. The van der Waals surface area contributed by atoms with Crippen LogP contribution in [0.4, 0.5) is 0 Å². The molecule has 0 atom stereocenters. The second kappa shape index (κ2) is 5.69. The van der Waals surface area contributed by atoms with E-state index in [4.69, 9.17) is 0 Å². The Morgan fingerprint density at radius 1 is 1.27 bits per heavy atom. The fourth-order valence-electron chi connectivity index (χ4n) is 1.64. The van der Waals surface area contributed by atoms with Crippen molar-refractivity contribution in [1.29, 1.82) is 0 Å². The van der Waals surface area contributed by atoms with E-state index >= 15 is 0 Å². The Bertz CT molecular complexity index is 326. The van der Waals surface area contributed by atoms with E-state index in [1.54, 1.807) is 6.92 Å². The lowest BCUT2D eigenvalue weighted by Crippen LogP contribution is -1.98. The van der Waals surface area contributed by atoms with Gasteiger partial charge < -0.3 is 0 Å². The molecule has 0 aliphatic rings. The van der Waals surface area contributed by atoms with Crippen LogP contribution in [0.1, 0.15) is 38.3 Å². The Labute approximate surface area is 92.5 Å². The monoisotopic (exact) mass is 204 g/mol. The number of aryl methyl sites for hydroxylation is 1. The molecule has 0 N–H and O–H groups in total. The average molecular weight is 204 g/mol. The number of benzene rings is 1. The first-order chi connectivity index (χ1) is 7.08. The molecule has 0 bridgehead atoms. The second-order valence-corrected chi connectivity index (χ2v) is 4.63. The molecule has 0 heterocycles. The van der Waals surface area contributed by atoms with Crippen LogP contribution < -0.4 is 0 Å². The Hall–Kier alpha value is -1.11. The molecule has 1 aromatic rings. The summed E-state index contributed by atoms with van der Waals surface area (Å²) in [7, 11) is 0. The minimum absolute atomic E-state index is 0.232. The zero-order valence-corrected chi connectivity index (χ0v) is 9.92. The molecule has 1 aromatic carbocycles. The largest absolute Gasteiger partial charge is 0.300 e. The lowest BCUT2D eigenvalue weighted by Gasteiger charge is -2.06. The molecule has 1 nitrogen and oxygen atoms in total. The van der Waals surface area contributed by atoms with E-state index in [9.17, 15) is 4.79 Å². The molecule has 0 unspecified atom stereocenters. The summed E-state index contributed by atoms with van der Waals surface area (Å²) in [5, 5.41) is 0. The van der Waals surface area contributed by atoms with Gasteiger partial charge in [-0.3, -0.25) is 4.79 Å². The van der Waals surface area contributed by atoms with Crippen molar-refractivity contribution in [2.45, 2.75) is 40.0 Å². The van der Waals surface area contributed by atoms with Crippen LogP contribution in [-0.2, 0) is 17.6 Å². The zero-order chi connectivity index (χ0) is 11.3. The predicted molar refractivity (Wildman–Crippen MR) is 64.0 cm³/mol. The second-order valence-electron chi connectivity index (χ2n) is 4.63. The average Bonchev–Trinajstić information content (AvgIpc) is 2.14. The van der Waals surface area contributed by atoms with Crippen LogP contribution in [0.5, 0.6) is 0 Å². The van der Waals surface area contributed by atoms with Crippen LogP contribution in [-0.4, -0.2) is 5.78 Å². The maximum absolute atomic E-state index is 11.0. The lowest BCUT2D eigenvalue weighted by atomic mass is 10.00. The van der Waals surface area contributed by atoms with Gasteiger partial charge in [0.25, 0.3) is 0 Å². The summed E-state index contributed by atoms with van der Waals surface area (Å²) in [5.74, 6) is 0.970. The van der Waals surface area contributed by atoms with Gasteiger partial charge in [-0.2, -0.15) is 0 Å². The first-order valence-corrected chi connectivity index (χ1v) is 5.65. The molecule has 1 heteroatoms. The van der Waals surface area contributed by atoms with Crippen molar-refractivity contribution in [3.8, 4) is 0 Å². The van der Waals surface area contributed by atoms with Crippen molar-refractivity contribution in [2.75, 3.05) is 0 Å². The Balaban J connectivity index is 2.61. The van der Waals surface area contributed by atoms with Crippen molar-refractivity contribution in [3.05, 3.63) is 35.4 Å². The smallest absolute Gasteiger partial charge is 0.134 e. The molecule has 0 saturated carbocycles. The molecule has 15 heavy (non-hydrogen) atoms.